The lowest BCUT2D eigenvalue weighted by Crippen LogP contribution is -2.64. The third kappa shape index (κ3) is 20.5. The fraction of sp³-hybridized carbons (Fsp3) is 0.790. The van der Waals surface area contributed by atoms with Crippen molar-refractivity contribution in [3.63, 3.8) is 0 Å². The Bertz CT molecular complexity index is 2360. The maximum absolute atomic E-state index is 15.2. The first-order valence-electron chi connectivity index (χ1n) is 30.7. The number of amides is 11. The molecule has 0 aromatic rings. The fourth-order valence-corrected chi connectivity index (χ4v) is 11.0. The van der Waals surface area contributed by atoms with Gasteiger partial charge in [-0.3, -0.25) is 52.7 Å². The van der Waals surface area contributed by atoms with Crippen LogP contribution in [0.15, 0.2) is 12.2 Å². The summed E-state index contributed by atoms with van der Waals surface area (Å²) in [5.41, 5.74) is 0. The predicted molar refractivity (Wildman–Crippen MR) is 330 cm³/mol. The summed E-state index contributed by atoms with van der Waals surface area (Å²) in [6.07, 6.45) is 2.63. The van der Waals surface area contributed by atoms with E-state index in [1.165, 1.54) is 82.8 Å². The molecule has 0 aromatic carbocycles. The van der Waals surface area contributed by atoms with Crippen LogP contribution >= 0.6 is 0 Å². The molecule has 24 nitrogen and oxygen atoms in total. The highest BCUT2D eigenvalue weighted by atomic mass is 16.3. The van der Waals surface area contributed by atoms with Crippen molar-refractivity contribution in [2.75, 3.05) is 55.9 Å². The monoisotopic (exact) mass is 1220 g/mol. The zero-order chi connectivity index (χ0) is 66.8. The summed E-state index contributed by atoms with van der Waals surface area (Å²) < 4.78 is 0. The minimum absolute atomic E-state index is 0.0636. The molecular formula is C62H111N11O13. The van der Waals surface area contributed by atoms with E-state index in [-0.39, 0.29) is 49.9 Å². The highest BCUT2D eigenvalue weighted by Crippen LogP contribution is 2.26. The quantitative estimate of drug-likeness (QED) is 0.129. The highest BCUT2D eigenvalue weighted by molar-refractivity contribution is 6.00. The van der Waals surface area contributed by atoms with Crippen LogP contribution < -0.4 is 21.3 Å². The molecule has 492 valence electrons. The van der Waals surface area contributed by atoms with Crippen LogP contribution in [0.5, 0.6) is 0 Å². The van der Waals surface area contributed by atoms with E-state index >= 15 is 9.59 Å². The number of rotatable bonds is 15. The lowest BCUT2D eigenvalue weighted by Gasteiger charge is -2.41. The van der Waals surface area contributed by atoms with E-state index in [0.29, 0.717) is 0 Å². The molecule has 11 amide bonds. The minimum atomic E-state index is -1.67. The molecule has 1 aliphatic rings. The number of aliphatic hydroxyl groups excluding tert-OH is 2. The van der Waals surface area contributed by atoms with Crippen LogP contribution in [0.1, 0.15) is 150 Å². The van der Waals surface area contributed by atoms with Crippen molar-refractivity contribution in [2.24, 2.45) is 41.4 Å². The number of nitrogens with zero attached hydrogens (tertiary/aromatic N) is 7. The molecule has 1 aliphatic heterocycles. The Hall–Kier alpha value is -6.17. The standard InChI is InChI=1S/C62H111N11O13/c1-25-27-28-39(15)51(75)50-55(79)65-42(26-2)57(81)70(21)46(32-74)60(84)71(22)48(37(11)12)54(78)66-47(36(9)10)61(85)67(18)43(29-33(3)4)53(77)63-40(16)52(76)64-41(17)56(80)68(19)44(30-34(5)6)58(82)69(20)45(31-35(7)8)59(83)72(23)49(38(13)14)62(86)73(50)24/h25,27,33-51,74-75H,26,28-32H2,1-24H3,(H,63,77)(H,64,76)(H,65,79)(H,66,78)/b27-25+/t39-,40+,41-,42+,43+,44+,45+,46?,47+,48+,49+,50+,51-/m1/s1. The van der Waals surface area contributed by atoms with Crippen LogP contribution in [0.2, 0.25) is 0 Å². The van der Waals surface area contributed by atoms with Gasteiger partial charge >= 0.3 is 0 Å². The van der Waals surface area contributed by atoms with Gasteiger partial charge in [0, 0.05) is 49.3 Å². The Morgan fingerprint density at radius 1 is 0.430 bits per heavy atom. The van der Waals surface area contributed by atoms with Gasteiger partial charge in [0.25, 0.3) is 0 Å². The van der Waals surface area contributed by atoms with Crippen LogP contribution in [0.4, 0.5) is 0 Å². The van der Waals surface area contributed by atoms with Crippen molar-refractivity contribution in [3.05, 3.63) is 12.2 Å². The molecule has 1 rings (SSSR count). The molecule has 0 radical (unpaired) electrons. The summed E-state index contributed by atoms with van der Waals surface area (Å²) in [5.74, 6) is -11.0. The van der Waals surface area contributed by atoms with Crippen LogP contribution in [0.3, 0.4) is 0 Å². The molecule has 24 heteroatoms. The fourth-order valence-electron chi connectivity index (χ4n) is 11.0. The Kier molecular flexibility index (Phi) is 31.7. The van der Waals surface area contributed by atoms with Crippen molar-refractivity contribution < 1.29 is 63.0 Å². The van der Waals surface area contributed by atoms with Gasteiger partial charge in [-0.25, -0.2) is 0 Å². The van der Waals surface area contributed by atoms with Gasteiger partial charge in [-0.2, -0.15) is 0 Å². The number of nitrogens with one attached hydrogen (secondary N) is 4. The third-order valence-electron chi connectivity index (χ3n) is 16.4. The molecule has 0 aliphatic carbocycles. The van der Waals surface area contributed by atoms with Crippen molar-refractivity contribution in [1.29, 1.82) is 0 Å². The van der Waals surface area contributed by atoms with Gasteiger partial charge in [-0.1, -0.05) is 109 Å². The molecule has 1 heterocycles. The Labute approximate surface area is 513 Å². The molecule has 1 unspecified atom stereocenters. The first-order chi connectivity index (χ1) is 39.7. The smallest absolute Gasteiger partial charge is 0.248 e. The first-order valence-corrected chi connectivity index (χ1v) is 30.7. The Morgan fingerprint density at radius 3 is 1.27 bits per heavy atom. The van der Waals surface area contributed by atoms with Crippen molar-refractivity contribution in [3.8, 4) is 0 Å². The number of likely N-dealkylation sites (N-methyl/N-ethyl adjacent to an activating group) is 7. The molecule has 86 heavy (non-hydrogen) atoms. The Morgan fingerprint density at radius 2 is 0.826 bits per heavy atom. The van der Waals surface area contributed by atoms with Gasteiger partial charge in [-0.15, -0.1) is 0 Å². The summed E-state index contributed by atoms with van der Waals surface area (Å²) in [6, 6.07) is -14.5. The van der Waals surface area contributed by atoms with Gasteiger partial charge < -0.3 is 65.8 Å². The number of aliphatic hydroxyl groups is 2. The number of hydrogen-bond acceptors (Lipinski definition) is 13. The molecule has 1 saturated heterocycles. The van der Waals surface area contributed by atoms with Crippen LogP contribution in [-0.4, -0.2) is 238 Å². The SMILES string of the molecule is C/C=C/C[C@@H](C)[C@@H](O)[C@H]1C(=O)N[C@@H](CC)C(=O)N(C)C(CO)C(=O)N(C)[C@@H](C(C)C)C(=O)N[C@@H](C(C)C)C(=O)N(C)[C@@H](CC(C)C)C(=O)N[C@@H](C)C(=O)N[C@H](C)C(=O)N(C)[C@@H](CC(C)C)C(=O)N(C)[C@@H](CC(C)C)C(=O)N(C)[C@@H](C(C)C)C(=O)N1C. The maximum Gasteiger partial charge on any atom is 0.248 e. The molecule has 6 N–H and O–H groups in total. The predicted octanol–water partition coefficient (Wildman–Crippen LogP) is 2.24. The molecule has 0 aromatic heterocycles. The number of carbonyl (C=O) groups excluding carboxylic acids is 11. The number of carbonyl (C=O) groups is 11. The summed E-state index contributed by atoms with van der Waals surface area (Å²) in [7, 11) is 9.61. The van der Waals surface area contributed by atoms with Crippen molar-refractivity contribution >= 4 is 65.0 Å². The summed E-state index contributed by atoms with van der Waals surface area (Å²) in [6.45, 7) is 28.3. The van der Waals surface area contributed by atoms with E-state index < -0.39 is 168 Å². The second-order valence-corrected chi connectivity index (χ2v) is 26.0. The van der Waals surface area contributed by atoms with Gasteiger partial charge in [0.2, 0.25) is 65.0 Å². The number of hydrogen-bond donors (Lipinski definition) is 6. The summed E-state index contributed by atoms with van der Waals surface area (Å²) >= 11 is 0. The second-order valence-electron chi connectivity index (χ2n) is 26.0. The topological polar surface area (TPSA) is 299 Å². The highest BCUT2D eigenvalue weighted by Gasteiger charge is 2.46. The molecule has 0 saturated carbocycles. The summed E-state index contributed by atoms with van der Waals surface area (Å²) in [5, 5.41) is 33.8. The average molecular weight is 1220 g/mol. The zero-order valence-electron chi connectivity index (χ0n) is 56.4. The van der Waals surface area contributed by atoms with Crippen LogP contribution in [0.25, 0.3) is 0 Å². The van der Waals surface area contributed by atoms with Gasteiger partial charge in [0.05, 0.1) is 12.7 Å². The van der Waals surface area contributed by atoms with Crippen molar-refractivity contribution in [1.82, 2.24) is 55.6 Å². The van der Waals surface area contributed by atoms with E-state index in [1.807, 2.05) is 41.5 Å². The van der Waals surface area contributed by atoms with E-state index in [4.69, 9.17) is 0 Å². The molecule has 0 spiro atoms. The minimum Gasteiger partial charge on any atom is -0.394 e. The van der Waals surface area contributed by atoms with Crippen molar-refractivity contribution in [2.45, 2.75) is 222 Å². The molecule has 1 fully saturated rings. The third-order valence-corrected chi connectivity index (χ3v) is 16.4. The summed E-state index contributed by atoms with van der Waals surface area (Å²) in [4.78, 5) is 169. The van der Waals surface area contributed by atoms with E-state index in [0.717, 1.165) is 14.7 Å². The second kappa shape index (κ2) is 35.0. The lowest BCUT2D eigenvalue weighted by molar-refractivity contribution is -0.157. The molecule has 0 bridgehead atoms. The first kappa shape index (κ1) is 77.8. The van der Waals surface area contributed by atoms with Crippen LogP contribution in [0, 0.1) is 41.4 Å². The van der Waals surface area contributed by atoms with Gasteiger partial charge in [-0.05, 0) is 94.3 Å². The van der Waals surface area contributed by atoms with E-state index in [2.05, 4.69) is 21.3 Å². The molecular weight excluding hydrogens is 1110 g/mol. The Balaban J connectivity index is 4.39. The average Bonchev–Trinajstić information content (AvgIpc) is 2.44. The normalized spacial score (nSPS) is 27.6. The lowest BCUT2D eigenvalue weighted by atomic mass is 9.91. The van der Waals surface area contributed by atoms with E-state index in [9.17, 15) is 53.4 Å². The number of allylic oxidation sites excluding steroid dienone is 2. The maximum atomic E-state index is 15.2. The van der Waals surface area contributed by atoms with Gasteiger partial charge in [0.15, 0.2) is 0 Å². The van der Waals surface area contributed by atoms with E-state index in [1.54, 1.807) is 74.5 Å². The van der Waals surface area contributed by atoms with Crippen LogP contribution in [-0.2, 0) is 52.7 Å². The largest absolute Gasteiger partial charge is 0.394 e. The van der Waals surface area contributed by atoms with Gasteiger partial charge in [0.1, 0.15) is 66.5 Å². The molecule has 13 atom stereocenters. The zero-order valence-corrected chi connectivity index (χ0v) is 56.4.